The van der Waals surface area contributed by atoms with Crippen LogP contribution in [-0.4, -0.2) is 23.9 Å². The summed E-state index contributed by atoms with van der Waals surface area (Å²) in [5.74, 6) is 0.768. The molecule has 0 fully saturated rings. The third-order valence-corrected chi connectivity index (χ3v) is 1.75. The van der Waals surface area contributed by atoms with Gasteiger partial charge in [0.1, 0.15) is 5.82 Å². The quantitative estimate of drug-likeness (QED) is 0.466. The highest BCUT2D eigenvalue weighted by Gasteiger charge is 1.95. The maximum absolute atomic E-state index is 4.10. The van der Waals surface area contributed by atoms with Crippen LogP contribution >= 0.6 is 22.6 Å². The standard InChI is InChI=1S/C8H14IN3/c1-4-11-7(2)8(10-3)12-6-5-9/h4,12H,3,5-6H2,1-2H3/b8-7-,11-4?. The maximum atomic E-state index is 4.10. The van der Waals surface area contributed by atoms with Crippen LogP contribution in [0.1, 0.15) is 13.8 Å². The average Bonchev–Trinajstić information content (AvgIpc) is 2.06. The van der Waals surface area contributed by atoms with Crippen molar-refractivity contribution in [1.82, 2.24) is 5.32 Å². The molecular weight excluding hydrogens is 265 g/mol. The van der Waals surface area contributed by atoms with Crippen LogP contribution in [-0.2, 0) is 0 Å². The number of aliphatic imine (C=N–C) groups is 2. The van der Waals surface area contributed by atoms with Gasteiger partial charge in [0.15, 0.2) is 0 Å². The lowest BCUT2D eigenvalue weighted by Crippen LogP contribution is -2.15. The fourth-order valence-electron chi connectivity index (χ4n) is 0.719. The molecule has 0 saturated heterocycles. The lowest BCUT2D eigenvalue weighted by Gasteiger charge is -2.05. The van der Waals surface area contributed by atoms with Gasteiger partial charge in [-0.1, -0.05) is 22.6 Å². The van der Waals surface area contributed by atoms with E-state index in [4.69, 9.17) is 0 Å². The first-order chi connectivity index (χ1) is 5.76. The van der Waals surface area contributed by atoms with E-state index in [1.54, 1.807) is 6.21 Å². The Morgan fingerprint density at radius 1 is 1.67 bits per heavy atom. The highest BCUT2D eigenvalue weighted by Crippen LogP contribution is 2.02. The number of alkyl halides is 1. The van der Waals surface area contributed by atoms with E-state index >= 15 is 0 Å². The van der Waals surface area contributed by atoms with E-state index in [9.17, 15) is 0 Å². The second-order valence-electron chi connectivity index (χ2n) is 2.10. The molecule has 0 radical (unpaired) electrons. The summed E-state index contributed by atoms with van der Waals surface area (Å²) in [6, 6.07) is 0. The number of halogens is 1. The number of nitrogens with zero attached hydrogens (tertiary/aromatic N) is 2. The molecular formula is C8H14IN3. The van der Waals surface area contributed by atoms with Gasteiger partial charge >= 0.3 is 0 Å². The monoisotopic (exact) mass is 279 g/mol. The van der Waals surface area contributed by atoms with Gasteiger partial charge in [-0.25, -0.2) is 4.99 Å². The molecule has 1 N–H and O–H groups in total. The van der Waals surface area contributed by atoms with Crippen LogP contribution in [0, 0.1) is 0 Å². The Labute approximate surface area is 87.2 Å². The molecule has 0 bridgehead atoms. The molecule has 4 heteroatoms. The van der Waals surface area contributed by atoms with E-state index in [-0.39, 0.29) is 0 Å². The van der Waals surface area contributed by atoms with E-state index in [0.717, 1.165) is 22.5 Å². The topological polar surface area (TPSA) is 36.8 Å². The van der Waals surface area contributed by atoms with Gasteiger partial charge in [-0.15, -0.1) is 0 Å². The van der Waals surface area contributed by atoms with E-state index < -0.39 is 0 Å². The van der Waals surface area contributed by atoms with Crippen molar-refractivity contribution in [2.45, 2.75) is 13.8 Å². The highest BCUT2D eigenvalue weighted by atomic mass is 127. The SMILES string of the molecule is C=N/C(NCCI)=C(\C)N=CC. The van der Waals surface area contributed by atoms with Crippen LogP contribution in [0.4, 0.5) is 0 Å². The predicted molar refractivity (Wildman–Crippen MR) is 63.3 cm³/mol. The smallest absolute Gasteiger partial charge is 0.146 e. The molecule has 0 unspecified atom stereocenters. The summed E-state index contributed by atoms with van der Waals surface area (Å²) >= 11 is 2.30. The van der Waals surface area contributed by atoms with E-state index in [2.05, 4.69) is 44.6 Å². The van der Waals surface area contributed by atoms with Crippen LogP contribution in [0.5, 0.6) is 0 Å². The molecule has 0 heterocycles. The zero-order valence-electron chi connectivity index (χ0n) is 7.47. The van der Waals surface area contributed by atoms with Gasteiger partial charge < -0.3 is 5.32 Å². The lowest BCUT2D eigenvalue weighted by atomic mass is 10.5. The zero-order valence-corrected chi connectivity index (χ0v) is 9.63. The molecule has 0 aromatic carbocycles. The fourth-order valence-corrected chi connectivity index (χ4v) is 0.988. The molecule has 0 amide bonds. The van der Waals surface area contributed by atoms with Gasteiger partial charge in [-0.2, -0.15) is 0 Å². The van der Waals surface area contributed by atoms with Gasteiger partial charge in [0, 0.05) is 17.2 Å². The molecule has 12 heavy (non-hydrogen) atoms. The Bertz CT molecular complexity index is 196. The van der Waals surface area contributed by atoms with Crippen LogP contribution in [0.15, 0.2) is 21.5 Å². The summed E-state index contributed by atoms with van der Waals surface area (Å²) < 4.78 is 1.04. The Kier molecular flexibility index (Phi) is 7.03. The third kappa shape index (κ3) is 4.48. The van der Waals surface area contributed by atoms with Crippen molar-refractivity contribution in [1.29, 1.82) is 0 Å². The van der Waals surface area contributed by atoms with Gasteiger partial charge in [-0.05, 0) is 20.6 Å². The van der Waals surface area contributed by atoms with Crippen molar-refractivity contribution >= 4 is 35.5 Å². The molecule has 68 valence electrons. The summed E-state index contributed by atoms with van der Waals surface area (Å²) in [4.78, 5) is 7.95. The Morgan fingerprint density at radius 3 is 2.75 bits per heavy atom. The van der Waals surface area contributed by atoms with Crippen molar-refractivity contribution in [2.75, 3.05) is 11.0 Å². The van der Waals surface area contributed by atoms with E-state index in [1.165, 1.54) is 0 Å². The molecule has 0 aliphatic rings. The van der Waals surface area contributed by atoms with E-state index in [1.807, 2.05) is 13.8 Å². The molecule has 0 aliphatic carbocycles. The van der Waals surface area contributed by atoms with Crippen molar-refractivity contribution in [2.24, 2.45) is 9.98 Å². The molecule has 0 aromatic heterocycles. The fraction of sp³-hybridized carbons (Fsp3) is 0.500. The lowest BCUT2D eigenvalue weighted by molar-refractivity contribution is 0.836. The Morgan fingerprint density at radius 2 is 2.33 bits per heavy atom. The number of nitrogens with one attached hydrogen (secondary N) is 1. The normalized spacial score (nSPS) is 12.9. The summed E-state index contributed by atoms with van der Waals surface area (Å²) in [6.07, 6.45) is 1.74. The minimum absolute atomic E-state index is 0.768. The zero-order chi connectivity index (χ0) is 9.40. The van der Waals surface area contributed by atoms with Gasteiger partial charge in [0.2, 0.25) is 0 Å². The summed E-state index contributed by atoms with van der Waals surface area (Å²) in [5.41, 5.74) is 0.873. The van der Waals surface area contributed by atoms with Crippen molar-refractivity contribution in [3.63, 3.8) is 0 Å². The van der Waals surface area contributed by atoms with Crippen molar-refractivity contribution in [3.05, 3.63) is 11.5 Å². The third-order valence-electron chi connectivity index (χ3n) is 1.21. The molecule has 3 nitrogen and oxygen atoms in total. The first-order valence-electron chi connectivity index (χ1n) is 3.72. The van der Waals surface area contributed by atoms with Gasteiger partial charge in [0.05, 0.1) is 5.70 Å². The average molecular weight is 279 g/mol. The second-order valence-corrected chi connectivity index (χ2v) is 3.17. The molecule has 0 rings (SSSR count). The van der Waals surface area contributed by atoms with Crippen LogP contribution in [0.25, 0.3) is 0 Å². The van der Waals surface area contributed by atoms with Gasteiger partial charge in [-0.3, -0.25) is 4.99 Å². The summed E-state index contributed by atoms with van der Waals surface area (Å²) in [5, 5.41) is 3.13. The van der Waals surface area contributed by atoms with Gasteiger partial charge in [0.25, 0.3) is 0 Å². The molecule has 0 aliphatic heterocycles. The van der Waals surface area contributed by atoms with Crippen LogP contribution < -0.4 is 5.32 Å². The Hall–Kier alpha value is -0.390. The molecule has 0 spiro atoms. The molecule has 0 saturated carbocycles. The summed E-state index contributed by atoms with van der Waals surface area (Å²) in [6.45, 7) is 8.15. The number of hydrogen-bond donors (Lipinski definition) is 1. The minimum Gasteiger partial charge on any atom is -0.368 e. The molecule has 0 aromatic rings. The number of allylic oxidation sites excluding steroid dienone is 1. The largest absolute Gasteiger partial charge is 0.368 e. The minimum atomic E-state index is 0.768. The van der Waals surface area contributed by atoms with Crippen molar-refractivity contribution in [3.8, 4) is 0 Å². The van der Waals surface area contributed by atoms with E-state index in [0.29, 0.717) is 0 Å². The first-order valence-corrected chi connectivity index (χ1v) is 5.25. The second kappa shape index (κ2) is 7.27. The highest BCUT2D eigenvalue weighted by molar-refractivity contribution is 14.1. The van der Waals surface area contributed by atoms with Crippen LogP contribution in [0.3, 0.4) is 0 Å². The van der Waals surface area contributed by atoms with Crippen LogP contribution in [0.2, 0.25) is 0 Å². The maximum Gasteiger partial charge on any atom is 0.146 e. The van der Waals surface area contributed by atoms with Crippen molar-refractivity contribution < 1.29 is 0 Å². The summed E-state index contributed by atoms with van der Waals surface area (Å²) in [7, 11) is 0. The Balaban J connectivity index is 4.28. The number of hydrogen-bond acceptors (Lipinski definition) is 3. The first kappa shape index (κ1) is 11.6. The number of rotatable bonds is 5. The predicted octanol–water partition coefficient (Wildman–Crippen LogP) is 1.99. The molecule has 0 atom stereocenters.